The smallest absolute Gasteiger partial charge is 0.343 e. The second kappa shape index (κ2) is 7.80. The predicted molar refractivity (Wildman–Crippen MR) is 144 cm³/mol. The van der Waals surface area contributed by atoms with Crippen LogP contribution >= 0.6 is 0 Å². The van der Waals surface area contributed by atoms with Crippen LogP contribution in [-0.2, 0) is 39.5 Å². The van der Waals surface area contributed by atoms with Gasteiger partial charge >= 0.3 is 5.97 Å². The van der Waals surface area contributed by atoms with E-state index < -0.39 is 17.0 Å². The molecule has 3 aromatic rings. The molecule has 212 valence electrons. The summed E-state index contributed by atoms with van der Waals surface area (Å²) in [6.45, 7) is 3.49. The van der Waals surface area contributed by atoms with Crippen LogP contribution in [0.25, 0.3) is 22.3 Å². The number of aromatic nitrogens is 2. The first-order valence-electron chi connectivity index (χ1n) is 14.3. The molecule has 2 bridgehead atoms. The van der Waals surface area contributed by atoms with Crippen LogP contribution in [0.1, 0.15) is 78.5 Å². The van der Waals surface area contributed by atoms with Gasteiger partial charge in [-0.05, 0) is 73.6 Å². The van der Waals surface area contributed by atoms with E-state index in [1.807, 2.05) is 0 Å². The van der Waals surface area contributed by atoms with Crippen LogP contribution in [0.3, 0.4) is 0 Å². The second-order valence-electron chi connectivity index (χ2n) is 12.8. The van der Waals surface area contributed by atoms with Gasteiger partial charge in [-0.3, -0.25) is 9.59 Å². The largest absolute Gasteiger partial charge is 0.458 e. The van der Waals surface area contributed by atoms with Crippen LogP contribution in [-0.4, -0.2) is 38.2 Å². The molecule has 4 heterocycles. The number of ether oxygens (including phenoxy) is 1. The van der Waals surface area contributed by atoms with Gasteiger partial charge in [-0.15, -0.1) is 0 Å². The number of aryl methyl sites for hydroxylation is 1. The molecule has 4 aliphatic carbocycles. The highest BCUT2D eigenvalue weighted by atomic mass is 19.1. The molecule has 1 amide bonds. The third kappa shape index (κ3) is 2.97. The van der Waals surface area contributed by atoms with Crippen molar-refractivity contribution in [3.05, 3.63) is 61.7 Å². The summed E-state index contributed by atoms with van der Waals surface area (Å²) in [6, 6.07) is 2.71. The predicted octanol–water partition coefficient (Wildman–Crippen LogP) is 2.79. The van der Waals surface area contributed by atoms with Crippen molar-refractivity contribution in [1.82, 2.24) is 14.9 Å². The number of fused-ring (bicyclic) bond motifs is 5. The number of esters is 1. The normalized spacial score (nSPS) is 30.1. The van der Waals surface area contributed by atoms with E-state index in [0.29, 0.717) is 54.6 Å². The van der Waals surface area contributed by atoms with Gasteiger partial charge < -0.3 is 24.8 Å². The summed E-state index contributed by atoms with van der Waals surface area (Å²) in [5.74, 6) is -1.18. The molecule has 0 unspecified atom stereocenters. The van der Waals surface area contributed by atoms with E-state index >= 15 is 4.39 Å². The first-order valence-corrected chi connectivity index (χ1v) is 14.3. The lowest BCUT2D eigenvalue weighted by molar-refractivity contribution is -0.221. The molecule has 10 heteroatoms. The number of aliphatic hydroxyl groups is 2. The Labute approximate surface area is 234 Å². The fourth-order valence-electron chi connectivity index (χ4n) is 8.42. The number of hydrogen-bond acceptors (Lipinski definition) is 7. The second-order valence-corrected chi connectivity index (χ2v) is 12.8. The van der Waals surface area contributed by atoms with Crippen molar-refractivity contribution in [3.8, 4) is 11.4 Å². The van der Waals surface area contributed by atoms with Crippen molar-refractivity contribution in [3.63, 3.8) is 0 Å². The number of pyridine rings is 2. The monoisotopic (exact) mass is 559 g/mol. The topological polar surface area (TPSA) is 131 Å². The molecule has 3 fully saturated rings. The average molecular weight is 560 g/mol. The quantitative estimate of drug-likeness (QED) is 0.328. The van der Waals surface area contributed by atoms with E-state index in [1.54, 1.807) is 24.5 Å². The zero-order chi connectivity index (χ0) is 28.6. The van der Waals surface area contributed by atoms with E-state index in [-0.39, 0.29) is 66.0 Å². The van der Waals surface area contributed by atoms with Gasteiger partial charge in [-0.1, -0.05) is 6.92 Å². The molecule has 2 atom stereocenters. The molecular weight excluding hydrogens is 529 g/mol. The van der Waals surface area contributed by atoms with E-state index in [2.05, 4.69) is 5.32 Å². The number of carbonyl (C=O) groups excluding carboxylic acids is 2. The van der Waals surface area contributed by atoms with Gasteiger partial charge in [0.25, 0.3) is 5.56 Å². The highest BCUT2D eigenvalue weighted by Gasteiger charge is 2.71. The Morgan fingerprint density at radius 3 is 2.68 bits per heavy atom. The summed E-state index contributed by atoms with van der Waals surface area (Å²) in [6.07, 6.45) is 3.26. The van der Waals surface area contributed by atoms with Crippen molar-refractivity contribution in [2.45, 2.75) is 77.2 Å². The zero-order valence-electron chi connectivity index (χ0n) is 22.9. The minimum absolute atomic E-state index is 0.0226. The molecule has 0 radical (unpaired) electrons. The summed E-state index contributed by atoms with van der Waals surface area (Å²) in [5.41, 5.74) is 2.04. The maximum Gasteiger partial charge on any atom is 0.343 e. The number of rotatable bonds is 4. The third-order valence-electron chi connectivity index (χ3n) is 10.6. The molecule has 6 aliphatic rings. The van der Waals surface area contributed by atoms with E-state index in [1.165, 1.54) is 6.07 Å². The number of nitrogens with one attached hydrogen (secondary N) is 1. The van der Waals surface area contributed by atoms with E-state index in [4.69, 9.17) is 9.72 Å². The summed E-state index contributed by atoms with van der Waals surface area (Å²) in [4.78, 5) is 44.7. The molecule has 0 saturated heterocycles. The number of aliphatic hydroxyl groups excluding tert-OH is 1. The standard InChI is InChI=1S/C31H30FN3O6/c1-3-31(40)18-6-22-25-16(8-35(22)26(37)17(18)9-41-28(31)39)24-20(34-27(38)30-10-29(11-30,12-30)13-36)5-4-15-14(2)19(32)7-21(33-25)23(15)24/h6-7,20,36,40H,3-5,8-13H2,1-2H3,(H,34,38)/t20-,29?,30?,31-/m0/s1. The highest BCUT2D eigenvalue weighted by Crippen LogP contribution is 2.73. The maximum absolute atomic E-state index is 15.1. The molecule has 0 spiro atoms. The maximum atomic E-state index is 15.1. The summed E-state index contributed by atoms with van der Waals surface area (Å²) in [7, 11) is 0. The zero-order valence-corrected chi connectivity index (χ0v) is 22.9. The fourth-order valence-corrected chi connectivity index (χ4v) is 8.42. The van der Waals surface area contributed by atoms with Gasteiger partial charge in [0.1, 0.15) is 12.4 Å². The fraction of sp³-hybridized carbons (Fsp3) is 0.484. The van der Waals surface area contributed by atoms with Gasteiger partial charge in [0, 0.05) is 29.2 Å². The van der Waals surface area contributed by atoms with Crippen LogP contribution in [0.2, 0.25) is 0 Å². The van der Waals surface area contributed by atoms with Gasteiger partial charge in [-0.25, -0.2) is 14.2 Å². The highest BCUT2D eigenvalue weighted by molar-refractivity contribution is 5.94. The van der Waals surface area contributed by atoms with Crippen molar-refractivity contribution in [2.75, 3.05) is 6.61 Å². The Bertz CT molecular complexity index is 1810. The molecule has 3 saturated carbocycles. The number of nitrogens with zero attached hydrogens (tertiary/aromatic N) is 2. The summed E-state index contributed by atoms with van der Waals surface area (Å²) >= 11 is 0. The molecule has 2 aliphatic heterocycles. The Balaban J connectivity index is 1.31. The average Bonchev–Trinajstić information content (AvgIpc) is 3.27. The number of carbonyl (C=O) groups is 2. The van der Waals surface area contributed by atoms with Crippen molar-refractivity contribution >= 4 is 22.8 Å². The lowest BCUT2D eigenvalue weighted by Crippen LogP contribution is -2.69. The van der Waals surface area contributed by atoms with E-state index in [9.17, 15) is 24.6 Å². The van der Waals surface area contributed by atoms with Gasteiger partial charge in [0.2, 0.25) is 5.91 Å². The molecule has 1 aromatic carbocycles. The first-order chi connectivity index (χ1) is 19.5. The van der Waals surface area contributed by atoms with Crippen LogP contribution in [0, 0.1) is 23.6 Å². The lowest BCUT2D eigenvalue weighted by atomic mass is 9.35. The van der Waals surface area contributed by atoms with Crippen molar-refractivity contribution in [1.29, 1.82) is 0 Å². The SMILES string of the molecule is CC[C@@]1(O)C(=O)OCc2c1cc1n(c2=O)Cc2c-1nc1cc(F)c(C)c3c1c2[C@@H](NC(=O)C12CC(CO)(C1)C2)CC3. The van der Waals surface area contributed by atoms with Crippen LogP contribution < -0.4 is 10.9 Å². The van der Waals surface area contributed by atoms with Crippen LogP contribution in [0.15, 0.2) is 16.9 Å². The number of hydrogen-bond donors (Lipinski definition) is 3. The van der Waals surface area contributed by atoms with Crippen LogP contribution in [0.5, 0.6) is 0 Å². The van der Waals surface area contributed by atoms with E-state index in [0.717, 1.165) is 22.1 Å². The molecule has 3 N–H and O–H groups in total. The molecule has 41 heavy (non-hydrogen) atoms. The van der Waals surface area contributed by atoms with Gasteiger partial charge in [0.15, 0.2) is 5.60 Å². The lowest BCUT2D eigenvalue weighted by Gasteiger charge is -2.68. The first kappa shape index (κ1) is 25.1. The Morgan fingerprint density at radius 1 is 1.22 bits per heavy atom. The molecule has 9 nitrogen and oxygen atoms in total. The number of amides is 1. The van der Waals surface area contributed by atoms with Gasteiger partial charge in [-0.2, -0.15) is 0 Å². The van der Waals surface area contributed by atoms with Gasteiger partial charge in [0.05, 0.1) is 40.5 Å². The number of benzene rings is 1. The van der Waals surface area contributed by atoms with Crippen molar-refractivity contribution < 1.29 is 28.9 Å². The Hall–Kier alpha value is -3.63. The minimum atomic E-state index is -1.95. The molecular formula is C31H30FN3O6. The third-order valence-corrected chi connectivity index (χ3v) is 10.6. The summed E-state index contributed by atoms with van der Waals surface area (Å²) in [5, 5.41) is 25.0. The Morgan fingerprint density at radius 2 is 1.98 bits per heavy atom. The molecule has 2 aromatic heterocycles. The minimum Gasteiger partial charge on any atom is -0.458 e. The number of cyclic esters (lactones) is 1. The summed E-state index contributed by atoms with van der Waals surface area (Å²) < 4.78 is 21.9. The van der Waals surface area contributed by atoms with Crippen LogP contribution in [0.4, 0.5) is 4.39 Å². The van der Waals surface area contributed by atoms with Crippen molar-refractivity contribution in [2.24, 2.45) is 10.8 Å². The number of halogens is 1. The molecule has 9 rings (SSSR count). The Kier molecular flexibility index (Phi) is 4.78.